The first-order chi connectivity index (χ1) is 12.9. The molecule has 0 fully saturated rings. The first-order valence-corrected chi connectivity index (χ1v) is 8.52. The van der Waals surface area contributed by atoms with Crippen molar-refractivity contribution in [3.05, 3.63) is 76.1 Å². The van der Waals surface area contributed by atoms with Gasteiger partial charge in [-0.2, -0.15) is 0 Å². The Hall–Kier alpha value is -2.87. The first-order valence-electron chi connectivity index (χ1n) is 8.14. The van der Waals surface area contributed by atoms with Gasteiger partial charge in [0.05, 0.1) is 5.02 Å². The second kappa shape index (κ2) is 8.22. The van der Waals surface area contributed by atoms with Gasteiger partial charge in [-0.1, -0.05) is 29.8 Å². The lowest BCUT2D eigenvalue weighted by molar-refractivity contribution is -0.124. The normalized spacial score (nSPS) is 12.0. The molecule has 0 spiro atoms. The standard InChI is InChI=1S/C18H16ClF2N5O/c1-11-23-24-25-26(11)17(9-12-2-5-14(20)6-3-12)18(27)22-10-13-4-7-16(21)15(19)8-13/h2-8,17H,9-10H2,1H3,(H,22,27). The second-order valence-corrected chi connectivity index (χ2v) is 6.39. The molecule has 1 heterocycles. The van der Waals surface area contributed by atoms with Crippen LogP contribution in [-0.4, -0.2) is 26.1 Å². The summed E-state index contributed by atoms with van der Waals surface area (Å²) in [6.07, 6.45) is 0.280. The molecule has 3 aromatic rings. The molecule has 0 saturated carbocycles. The van der Waals surface area contributed by atoms with Crippen molar-refractivity contribution < 1.29 is 13.6 Å². The molecule has 0 aliphatic carbocycles. The average molecular weight is 392 g/mol. The van der Waals surface area contributed by atoms with Crippen molar-refractivity contribution >= 4 is 17.5 Å². The van der Waals surface area contributed by atoms with Crippen LogP contribution in [0, 0.1) is 18.6 Å². The third-order valence-electron chi connectivity index (χ3n) is 4.05. The minimum Gasteiger partial charge on any atom is -0.350 e. The molecule has 140 valence electrons. The highest BCUT2D eigenvalue weighted by Crippen LogP contribution is 2.18. The summed E-state index contributed by atoms with van der Waals surface area (Å²) in [7, 11) is 0. The lowest BCUT2D eigenvalue weighted by atomic mass is 10.0. The van der Waals surface area contributed by atoms with Gasteiger partial charge in [-0.15, -0.1) is 5.10 Å². The van der Waals surface area contributed by atoms with Crippen molar-refractivity contribution in [1.82, 2.24) is 25.5 Å². The summed E-state index contributed by atoms with van der Waals surface area (Å²) in [6.45, 7) is 1.85. The predicted molar refractivity (Wildman–Crippen MR) is 95.0 cm³/mol. The van der Waals surface area contributed by atoms with Crippen LogP contribution < -0.4 is 5.32 Å². The number of aromatic nitrogens is 4. The molecule has 0 radical (unpaired) electrons. The topological polar surface area (TPSA) is 72.7 Å². The van der Waals surface area contributed by atoms with Crippen LogP contribution in [0.2, 0.25) is 5.02 Å². The monoisotopic (exact) mass is 391 g/mol. The van der Waals surface area contributed by atoms with Crippen molar-refractivity contribution in [3.8, 4) is 0 Å². The quantitative estimate of drug-likeness (QED) is 0.701. The lowest BCUT2D eigenvalue weighted by Crippen LogP contribution is -2.34. The number of benzene rings is 2. The van der Waals surface area contributed by atoms with Crippen molar-refractivity contribution in [3.63, 3.8) is 0 Å². The Bertz CT molecular complexity index is 945. The molecular weight excluding hydrogens is 376 g/mol. The Morgan fingerprint density at radius 1 is 1.19 bits per heavy atom. The van der Waals surface area contributed by atoms with E-state index in [0.29, 0.717) is 11.4 Å². The maximum Gasteiger partial charge on any atom is 0.245 e. The van der Waals surface area contributed by atoms with Gasteiger partial charge in [-0.3, -0.25) is 4.79 Å². The molecule has 27 heavy (non-hydrogen) atoms. The molecule has 1 N–H and O–H groups in total. The van der Waals surface area contributed by atoms with Gasteiger partial charge < -0.3 is 5.32 Å². The van der Waals surface area contributed by atoms with Gasteiger partial charge in [0.25, 0.3) is 0 Å². The van der Waals surface area contributed by atoms with Gasteiger partial charge in [0, 0.05) is 13.0 Å². The van der Waals surface area contributed by atoms with Crippen molar-refractivity contribution in [2.45, 2.75) is 25.9 Å². The van der Waals surface area contributed by atoms with Crippen LogP contribution in [0.1, 0.15) is 23.0 Å². The zero-order chi connectivity index (χ0) is 19.4. The fraction of sp³-hybridized carbons (Fsp3) is 0.222. The van der Waals surface area contributed by atoms with Gasteiger partial charge in [-0.05, 0) is 52.7 Å². The first kappa shape index (κ1) is 18.9. The molecule has 1 amide bonds. The minimum absolute atomic E-state index is 0.0130. The number of tetrazole rings is 1. The van der Waals surface area contributed by atoms with E-state index in [-0.39, 0.29) is 29.7 Å². The molecule has 2 aromatic carbocycles. The number of halogens is 3. The summed E-state index contributed by atoms with van der Waals surface area (Å²) in [4.78, 5) is 12.8. The Morgan fingerprint density at radius 2 is 1.89 bits per heavy atom. The average Bonchev–Trinajstić information content (AvgIpc) is 3.07. The molecule has 0 bridgehead atoms. The summed E-state index contributed by atoms with van der Waals surface area (Å²) >= 11 is 5.76. The molecular formula is C18H16ClF2N5O. The molecule has 1 atom stereocenters. The number of hydrogen-bond donors (Lipinski definition) is 1. The van der Waals surface area contributed by atoms with Gasteiger partial charge in [0.2, 0.25) is 5.91 Å². The van der Waals surface area contributed by atoms with Crippen LogP contribution in [0.4, 0.5) is 8.78 Å². The van der Waals surface area contributed by atoms with E-state index in [1.807, 2.05) is 0 Å². The highest BCUT2D eigenvalue weighted by atomic mass is 35.5. The van der Waals surface area contributed by atoms with E-state index in [9.17, 15) is 13.6 Å². The second-order valence-electron chi connectivity index (χ2n) is 5.98. The lowest BCUT2D eigenvalue weighted by Gasteiger charge is -2.18. The summed E-state index contributed by atoms with van der Waals surface area (Å²) in [5, 5.41) is 14.1. The van der Waals surface area contributed by atoms with Gasteiger partial charge in [0.1, 0.15) is 23.5 Å². The maximum absolute atomic E-state index is 13.3. The van der Waals surface area contributed by atoms with Crippen molar-refractivity contribution in [2.75, 3.05) is 0 Å². The van der Waals surface area contributed by atoms with Crippen molar-refractivity contribution in [1.29, 1.82) is 0 Å². The van der Waals surface area contributed by atoms with Crippen LogP contribution >= 0.6 is 11.6 Å². The zero-order valence-electron chi connectivity index (χ0n) is 14.4. The van der Waals surface area contributed by atoms with E-state index in [1.165, 1.54) is 28.9 Å². The Morgan fingerprint density at radius 3 is 2.52 bits per heavy atom. The fourth-order valence-corrected chi connectivity index (χ4v) is 2.82. The van der Waals surface area contributed by atoms with Crippen LogP contribution in [0.25, 0.3) is 0 Å². The van der Waals surface area contributed by atoms with Gasteiger partial charge >= 0.3 is 0 Å². The third kappa shape index (κ3) is 4.65. The highest BCUT2D eigenvalue weighted by molar-refractivity contribution is 6.30. The third-order valence-corrected chi connectivity index (χ3v) is 4.34. The van der Waals surface area contributed by atoms with E-state index >= 15 is 0 Å². The molecule has 9 heteroatoms. The SMILES string of the molecule is Cc1nnnn1C(Cc1ccc(F)cc1)C(=O)NCc1ccc(F)c(Cl)c1. The van der Waals surface area contributed by atoms with Crippen LogP contribution in [-0.2, 0) is 17.8 Å². The van der Waals surface area contributed by atoms with E-state index in [1.54, 1.807) is 25.1 Å². The van der Waals surface area contributed by atoms with E-state index in [2.05, 4.69) is 20.8 Å². The molecule has 0 aliphatic heterocycles. The van der Waals surface area contributed by atoms with Crippen molar-refractivity contribution in [2.24, 2.45) is 0 Å². The smallest absolute Gasteiger partial charge is 0.245 e. The maximum atomic E-state index is 13.3. The predicted octanol–water partition coefficient (Wildman–Crippen LogP) is 3.01. The highest BCUT2D eigenvalue weighted by Gasteiger charge is 2.24. The summed E-state index contributed by atoms with van der Waals surface area (Å²) in [5.74, 6) is -0.728. The summed E-state index contributed by atoms with van der Waals surface area (Å²) < 4.78 is 27.8. The number of nitrogens with zero attached hydrogens (tertiary/aromatic N) is 4. The van der Waals surface area contributed by atoms with E-state index < -0.39 is 11.9 Å². The number of rotatable bonds is 6. The molecule has 0 saturated heterocycles. The fourth-order valence-electron chi connectivity index (χ4n) is 2.62. The minimum atomic E-state index is -0.721. The largest absolute Gasteiger partial charge is 0.350 e. The zero-order valence-corrected chi connectivity index (χ0v) is 15.1. The molecule has 1 unspecified atom stereocenters. The van der Waals surface area contributed by atoms with Crippen LogP contribution in [0.3, 0.4) is 0 Å². The van der Waals surface area contributed by atoms with Gasteiger partial charge in [0.15, 0.2) is 0 Å². The Balaban J connectivity index is 1.77. The summed E-state index contributed by atoms with van der Waals surface area (Å²) in [5.41, 5.74) is 1.42. The Labute approximate surface area is 159 Å². The van der Waals surface area contributed by atoms with E-state index in [4.69, 9.17) is 11.6 Å². The number of nitrogens with one attached hydrogen (secondary N) is 1. The number of carbonyl (C=O) groups is 1. The van der Waals surface area contributed by atoms with Gasteiger partial charge in [-0.25, -0.2) is 13.5 Å². The number of amides is 1. The van der Waals surface area contributed by atoms with E-state index in [0.717, 1.165) is 5.56 Å². The van der Waals surface area contributed by atoms with Crippen LogP contribution in [0.5, 0.6) is 0 Å². The summed E-state index contributed by atoms with van der Waals surface area (Å²) in [6, 6.07) is 9.39. The number of hydrogen-bond acceptors (Lipinski definition) is 4. The number of carbonyl (C=O) groups excluding carboxylic acids is 1. The Kier molecular flexibility index (Phi) is 5.75. The number of aryl methyl sites for hydroxylation is 1. The van der Waals surface area contributed by atoms with Crippen LogP contribution in [0.15, 0.2) is 42.5 Å². The molecule has 6 nitrogen and oxygen atoms in total. The molecule has 1 aromatic heterocycles. The molecule has 3 rings (SSSR count). The molecule has 0 aliphatic rings.